The summed E-state index contributed by atoms with van der Waals surface area (Å²) >= 11 is 0. The van der Waals surface area contributed by atoms with Crippen LogP contribution in [0.15, 0.2) is 41.0 Å². The number of hydrogen-bond acceptors (Lipinski definition) is 6. The second kappa shape index (κ2) is 9.19. The van der Waals surface area contributed by atoms with Gasteiger partial charge < -0.3 is 14.5 Å². The maximum atomic E-state index is 11.1. The molecular weight excluding hydrogens is 322 g/mol. The Morgan fingerprint density at radius 2 is 2.08 bits per heavy atom. The molecule has 1 N–H and O–H groups in total. The number of methoxy groups -OCH3 is 1. The van der Waals surface area contributed by atoms with Crippen molar-refractivity contribution < 1.29 is 14.1 Å². The molecule has 7 heteroatoms. The summed E-state index contributed by atoms with van der Waals surface area (Å²) in [5.74, 6) is 1.18. The van der Waals surface area contributed by atoms with Crippen molar-refractivity contribution in [2.45, 2.75) is 26.4 Å². The maximum absolute atomic E-state index is 11.1. The van der Waals surface area contributed by atoms with Gasteiger partial charge in [0.15, 0.2) is 5.75 Å². The highest BCUT2D eigenvalue weighted by atomic mass is 16.6. The molecule has 0 saturated carbocycles. The highest BCUT2D eigenvalue weighted by molar-refractivity contribution is 5.48. The Bertz CT molecular complexity index is 669. The lowest BCUT2D eigenvalue weighted by molar-refractivity contribution is -0.385. The second-order valence-corrected chi connectivity index (χ2v) is 5.65. The molecule has 1 aromatic carbocycles. The van der Waals surface area contributed by atoms with E-state index >= 15 is 0 Å². The maximum Gasteiger partial charge on any atom is 0.311 e. The molecule has 136 valence electrons. The van der Waals surface area contributed by atoms with Crippen molar-refractivity contribution in [2.24, 2.45) is 0 Å². The lowest BCUT2D eigenvalue weighted by Crippen LogP contribution is -2.35. The van der Waals surface area contributed by atoms with Crippen molar-refractivity contribution in [1.29, 1.82) is 0 Å². The number of benzene rings is 1. The van der Waals surface area contributed by atoms with Crippen molar-refractivity contribution in [1.82, 2.24) is 10.2 Å². The number of hydrogen-bond donors (Lipinski definition) is 1. The molecule has 1 aromatic heterocycles. The van der Waals surface area contributed by atoms with E-state index in [9.17, 15) is 10.1 Å². The van der Waals surface area contributed by atoms with Gasteiger partial charge in [0.05, 0.1) is 24.3 Å². The van der Waals surface area contributed by atoms with Gasteiger partial charge in [0.1, 0.15) is 5.76 Å². The number of nitro groups is 1. The summed E-state index contributed by atoms with van der Waals surface area (Å²) < 4.78 is 10.6. The molecule has 0 spiro atoms. The summed E-state index contributed by atoms with van der Waals surface area (Å²) in [6, 6.07) is 8.99. The van der Waals surface area contributed by atoms with Gasteiger partial charge in [-0.05, 0) is 36.9 Å². The van der Waals surface area contributed by atoms with E-state index in [0.29, 0.717) is 13.1 Å². The zero-order chi connectivity index (χ0) is 18.2. The van der Waals surface area contributed by atoms with Gasteiger partial charge in [-0.25, -0.2) is 0 Å². The first-order valence-corrected chi connectivity index (χ1v) is 8.40. The van der Waals surface area contributed by atoms with Gasteiger partial charge in [-0.3, -0.25) is 15.0 Å². The Labute approximate surface area is 147 Å². The van der Waals surface area contributed by atoms with E-state index in [1.807, 2.05) is 18.2 Å². The summed E-state index contributed by atoms with van der Waals surface area (Å²) in [7, 11) is 1.43. The molecule has 0 aliphatic rings. The predicted octanol–water partition coefficient (Wildman–Crippen LogP) is 3.37. The van der Waals surface area contributed by atoms with Crippen LogP contribution in [0.1, 0.15) is 31.2 Å². The third-order valence-electron chi connectivity index (χ3n) is 4.23. The Kier molecular flexibility index (Phi) is 6.97. The molecule has 25 heavy (non-hydrogen) atoms. The van der Waals surface area contributed by atoms with Crippen LogP contribution in [-0.4, -0.2) is 36.6 Å². The predicted molar refractivity (Wildman–Crippen MR) is 95.7 cm³/mol. The minimum Gasteiger partial charge on any atom is -0.490 e. The molecule has 0 fully saturated rings. The molecular formula is C18H25N3O4. The first kappa shape index (κ1) is 19.0. The van der Waals surface area contributed by atoms with Crippen molar-refractivity contribution >= 4 is 5.69 Å². The Morgan fingerprint density at radius 1 is 1.32 bits per heavy atom. The number of likely N-dealkylation sites (N-methyl/N-ethyl adjacent to an activating group) is 1. The summed E-state index contributed by atoms with van der Waals surface area (Å²) in [6.45, 7) is 7.28. The van der Waals surface area contributed by atoms with Gasteiger partial charge in [0.2, 0.25) is 0 Å². The molecule has 7 nitrogen and oxygen atoms in total. The van der Waals surface area contributed by atoms with Gasteiger partial charge in [0, 0.05) is 19.2 Å². The summed E-state index contributed by atoms with van der Waals surface area (Å²) in [4.78, 5) is 13.0. The van der Waals surface area contributed by atoms with Crippen LogP contribution in [0.3, 0.4) is 0 Å². The highest BCUT2D eigenvalue weighted by Crippen LogP contribution is 2.27. The summed E-state index contributed by atoms with van der Waals surface area (Å²) in [5.41, 5.74) is 0.818. The average molecular weight is 347 g/mol. The first-order chi connectivity index (χ1) is 12.1. The number of nitrogens with zero attached hydrogens (tertiary/aromatic N) is 2. The molecule has 0 aliphatic heterocycles. The fraction of sp³-hybridized carbons (Fsp3) is 0.444. The molecule has 0 bridgehead atoms. The van der Waals surface area contributed by atoms with E-state index in [2.05, 4.69) is 24.1 Å². The Balaban J connectivity index is 2.04. The molecule has 0 radical (unpaired) electrons. The highest BCUT2D eigenvalue weighted by Gasteiger charge is 2.20. The number of nitrogens with one attached hydrogen (secondary N) is 1. The van der Waals surface area contributed by atoms with E-state index in [4.69, 9.17) is 9.15 Å². The molecule has 1 unspecified atom stereocenters. The van der Waals surface area contributed by atoms with Crippen LogP contribution in [0, 0.1) is 10.1 Å². The smallest absolute Gasteiger partial charge is 0.311 e. The third kappa shape index (κ3) is 4.80. The molecule has 2 rings (SSSR count). The molecule has 0 amide bonds. The lowest BCUT2D eigenvalue weighted by atomic mass is 10.1. The van der Waals surface area contributed by atoms with Gasteiger partial charge in [-0.2, -0.15) is 0 Å². The number of nitro benzene ring substituents is 1. The second-order valence-electron chi connectivity index (χ2n) is 5.65. The van der Waals surface area contributed by atoms with Gasteiger partial charge in [-0.15, -0.1) is 0 Å². The average Bonchev–Trinajstić information content (AvgIpc) is 3.15. The number of ether oxygens (including phenoxy) is 1. The quantitative estimate of drug-likeness (QED) is 0.524. The number of rotatable bonds is 10. The van der Waals surface area contributed by atoms with Gasteiger partial charge in [-0.1, -0.05) is 19.9 Å². The van der Waals surface area contributed by atoms with E-state index in [0.717, 1.165) is 24.4 Å². The largest absolute Gasteiger partial charge is 0.490 e. The van der Waals surface area contributed by atoms with E-state index < -0.39 is 4.92 Å². The normalized spacial score (nSPS) is 12.3. The Morgan fingerprint density at radius 3 is 2.64 bits per heavy atom. The van der Waals surface area contributed by atoms with Crippen LogP contribution in [-0.2, 0) is 6.54 Å². The fourth-order valence-electron chi connectivity index (χ4n) is 2.90. The zero-order valence-corrected chi connectivity index (χ0v) is 14.9. The van der Waals surface area contributed by atoms with Crippen LogP contribution >= 0.6 is 0 Å². The topological polar surface area (TPSA) is 80.8 Å². The van der Waals surface area contributed by atoms with Gasteiger partial charge in [0.25, 0.3) is 0 Å². The van der Waals surface area contributed by atoms with Crippen LogP contribution < -0.4 is 10.1 Å². The van der Waals surface area contributed by atoms with Crippen LogP contribution in [0.4, 0.5) is 5.69 Å². The minimum absolute atomic E-state index is 0.0203. The third-order valence-corrected chi connectivity index (χ3v) is 4.23. The number of furan rings is 1. The van der Waals surface area contributed by atoms with Crippen molar-refractivity contribution in [3.05, 3.63) is 58.0 Å². The molecule has 1 heterocycles. The van der Waals surface area contributed by atoms with Gasteiger partial charge >= 0.3 is 5.69 Å². The molecule has 0 saturated heterocycles. The van der Waals surface area contributed by atoms with Crippen molar-refractivity contribution in [3.63, 3.8) is 0 Å². The molecule has 1 atom stereocenters. The standard InChI is InChI=1S/C18H25N3O4/c1-4-20(5-2)16(18-7-6-10-25-18)13-19-12-14-8-9-17(24-3)15(11-14)21(22)23/h6-11,16,19H,4-5,12-13H2,1-3H3. The van der Waals surface area contributed by atoms with E-state index in [-0.39, 0.29) is 17.5 Å². The molecule has 0 aliphatic carbocycles. The Hall–Kier alpha value is -2.38. The first-order valence-electron chi connectivity index (χ1n) is 8.40. The SMILES string of the molecule is CCN(CC)C(CNCc1ccc(OC)c([N+](=O)[O-])c1)c1ccco1. The minimum atomic E-state index is -0.427. The lowest BCUT2D eigenvalue weighted by Gasteiger charge is -2.28. The molecule has 2 aromatic rings. The monoisotopic (exact) mass is 347 g/mol. The van der Waals surface area contributed by atoms with Crippen LogP contribution in [0.25, 0.3) is 0 Å². The van der Waals surface area contributed by atoms with Crippen molar-refractivity contribution in [3.8, 4) is 5.75 Å². The summed E-state index contributed by atoms with van der Waals surface area (Å²) in [6.07, 6.45) is 1.68. The van der Waals surface area contributed by atoms with Crippen LogP contribution in [0.5, 0.6) is 5.75 Å². The van der Waals surface area contributed by atoms with Crippen LogP contribution in [0.2, 0.25) is 0 Å². The summed E-state index contributed by atoms with van der Waals surface area (Å²) in [5, 5.41) is 14.5. The van der Waals surface area contributed by atoms with Crippen molar-refractivity contribution in [2.75, 3.05) is 26.7 Å². The van der Waals surface area contributed by atoms with E-state index in [1.54, 1.807) is 18.4 Å². The zero-order valence-electron chi connectivity index (χ0n) is 14.9. The fourth-order valence-corrected chi connectivity index (χ4v) is 2.90. The van der Waals surface area contributed by atoms with E-state index in [1.165, 1.54) is 7.11 Å².